The van der Waals surface area contributed by atoms with Crippen LogP contribution in [0.25, 0.3) is 0 Å². The molecule has 0 aromatic heterocycles. The van der Waals surface area contributed by atoms with E-state index in [2.05, 4.69) is 0 Å². The Hall–Kier alpha value is -2.17. The van der Waals surface area contributed by atoms with Crippen LogP contribution in [-0.2, 0) is 11.2 Å². The normalized spacial score (nSPS) is 15.3. The first-order valence-corrected chi connectivity index (χ1v) is 6.20. The van der Waals surface area contributed by atoms with E-state index in [4.69, 9.17) is 0 Å². The van der Waals surface area contributed by atoms with Crippen molar-refractivity contribution in [1.29, 1.82) is 0 Å². The first-order chi connectivity index (χ1) is 9.02. The second kappa shape index (κ2) is 5.22. The van der Waals surface area contributed by atoms with Gasteiger partial charge in [0.1, 0.15) is 6.54 Å². The first kappa shape index (κ1) is 13.3. The molecule has 0 unspecified atom stereocenters. The Kier molecular flexibility index (Phi) is 3.64. The molecule has 0 radical (unpaired) electrons. The second-order valence-corrected chi connectivity index (χ2v) is 4.59. The Morgan fingerprint density at radius 3 is 2.32 bits per heavy atom. The fourth-order valence-electron chi connectivity index (χ4n) is 1.99. The van der Waals surface area contributed by atoms with E-state index in [1.54, 1.807) is 19.2 Å². The summed E-state index contributed by atoms with van der Waals surface area (Å²) in [5, 5.41) is 0. The molecule has 19 heavy (non-hydrogen) atoms. The molecule has 0 bridgehead atoms. The molecule has 1 saturated heterocycles. The standard InChI is InChI=1S/C14H16N2O3/c1-3-10-4-6-11(7-5-10)12(17)8-16-13(18)9-15(2)14(16)19/h4-7H,3,8-9H2,1-2H3. The molecule has 5 heteroatoms. The lowest BCUT2D eigenvalue weighted by Gasteiger charge is -2.13. The van der Waals surface area contributed by atoms with Crippen LogP contribution < -0.4 is 0 Å². The van der Waals surface area contributed by atoms with E-state index in [-0.39, 0.29) is 24.8 Å². The predicted molar refractivity (Wildman–Crippen MR) is 69.9 cm³/mol. The maximum atomic E-state index is 12.0. The van der Waals surface area contributed by atoms with Crippen molar-refractivity contribution in [2.75, 3.05) is 20.1 Å². The Morgan fingerprint density at radius 2 is 1.84 bits per heavy atom. The summed E-state index contributed by atoms with van der Waals surface area (Å²) < 4.78 is 0. The van der Waals surface area contributed by atoms with Gasteiger partial charge in [0, 0.05) is 12.6 Å². The largest absolute Gasteiger partial charge is 0.327 e. The Bertz CT molecular complexity index is 522. The highest BCUT2D eigenvalue weighted by Gasteiger charge is 2.34. The molecule has 0 saturated carbocycles. The highest BCUT2D eigenvalue weighted by atomic mass is 16.2. The number of urea groups is 1. The van der Waals surface area contributed by atoms with Gasteiger partial charge in [0.2, 0.25) is 0 Å². The number of benzene rings is 1. The van der Waals surface area contributed by atoms with Crippen LogP contribution in [0, 0.1) is 0 Å². The number of amides is 3. The molecule has 5 nitrogen and oxygen atoms in total. The van der Waals surface area contributed by atoms with Crippen molar-refractivity contribution in [3.8, 4) is 0 Å². The molecule has 0 aliphatic carbocycles. The van der Waals surface area contributed by atoms with E-state index >= 15 is 0 Å². The molecule has 0 spiro atoms. The zero-order valence-electron chi connectivity index (χ0n) is 11.0. The number of carbonyl (C=O) groups is 3. The summed E-state index contributed by atoms with van der Waals surface area (Å²) >= 11 is 0. The molecule has 3 amide bonds. The van der Waals surface area contributed by atoms with E-state index in [0.717, 1.165) is 16.9 Å². The van der Waals surface area contributed by atoms with Gasteiger partial charge in [-0.2, -0.15) is 0 Å². The number of ketones is 1. The third-order valence-electron chi connectivity index (χ3n) is 3.22. The van der Waals surface area contributed by atoms with Crippen LogP contribution in [0.5, 0.6) is 0 Å². The lowest BCUT2D eigenvalue weighted by Crippen LogP contribution is -2.36. The number of hydrogen-bond donors (Lipinski definition) is 0. The average Bonchev–Trinajstić information content (AvgIpc) is 2.65. The van der Waals surface area contributed by atoms with Crippen molar-refractivity contribution in [1.82, 2.24) is 9.80 Å². The van der Waals surface area contributed by atoms with Gasteiger partial charge in [-0.3, -0.25) is 14.5 Å². The van der Waals surface area contributed by atoms with Gasteiger partial charge >= 0.3 is 6.03 Å². The number of carbonyl (C=O) groups excluding carboxylic acids is 3. The SMILES string of the molecule is CCc1ccc(C(=O)CN2C(=O)CN(C)C2=O)cc1. The van der Waals surface area contributed by atoms with Crippen LogP contribution >= 0.6 is 0 Å². The van der Waals surface area contributed by atoms with Crippen molar-refractivity contribution in [2.45, 2.75) is 13.3 Å². The zero-order valence-corrected chi connectivity index (χ0v) is 11.0. The summed E-state index contributed by atoms with van der Waals surface area (Å²) in [5.74, 6) is -0.550. The summed E-state index contributed by atoms with van der Waals surface area (Å²) in [7, 11) is 1.54. The molecule has 1 fully saturated rings. The highest BCUT2D eigenvalue weighted by Crippen LogP contribution is 2.11. The van der Waals surface area contributed by atoms with Crippen LogP contribution in [0.4, 0.5) is 4.79 Å². The fraction of sp³-hybridized carbons (Fsp3) is 0.357. The van der Waals surface area contributed by atoms with Gasteiger partial charge in [0.15, 0.2) is 5.78 Å². The van der Waals surface area contributed by atoms with E-state index in [1.807, 2.05) is 19.1 Å². The summed E-state index contributed by atoms with van der Waals surface area (Å²) in [4.78, 5) is 37.6. The van der Waals surface area contributed by atoms with Gasteiger partial charge in [0.25, 0.3) is 5.91 Å². The molecule has 2 rings (SSSR count). The van der Waals surface area contributed by atoms with Crippen LogP contribution in [0.15, 0.2) is 24.3 Å². The zero-order chi connectivity index (χ0) is 14.0. The van der Waals surface area contributed by atoms with Crippen molar-refractivity contribution in [3.05, 3.63) is 35.4 Å². The van der Waals surface area contributed by atoms with Gasteiger partial charge < -0.3 is 4.90 Å². The highest BCUT2D eigenvalue weighted by molar-refractivity contribution is 6.07. The number of nitrogens with zero attached hydrogens (tertiary/aromatic N) is 2. The Labute approximate surface area is 111 Å². The molecular weight excluding hydrogens is 244 g/mol. The number of rotatable bonds is 4. The summed E-state index contributed by atoms with van der Waals surface area (Å²) in [6, 6.07) is 6.81. The molecule has 1 aliphatic heterocycles. The summed E-state index contributed by atoms with van der Waals surface area (Å²) in [5.41, 5.74) is 1.66. The number of imide groups is 1. The number of aryl methyl sites for hydroxylation is 1. The Morgan fingerprint density at radius 1 is 1.21 bits per heavy atom. The molecule has 100 valence electrons. The third kappa shape index (κ3) is 2.65. The van der Waals surface area contributed by atoms with Gasteiger partial charge in [-0.25, -0.2) is 4.79 Å². The molecule has 1 aliphatic rings. The van der Waals surface area contributed by atoms with Crippen molar-refractivity contribution in [2.24, 2.45) is 0 Å². The minimum absolute atomic E-state index is 0.0425. The molecule has 1 aromatic rings. The third-order valence-corrected chi connectivity index (χ3v) is 3.22. The maximum Gasteiger partial charge on any atom is 0.327 e. The van der Waals surface area contributed by atoms with Crippen molar-refractivity contribution < 1.29 is 14.4 Å². The summed E-state index contributed by atoms with van der Waals surface area (Å²) in [6.45, 7) is 1.89. The van der Waals surface area contributed by atoms with Crippen LogP contribution in [0.2, 0.25) is 0 Å². The minimum Gasteiger partial charge on any atom is -0.318 e. The number of Topliss-reactive ketones (excluding diaryl/α,β-unsaturated/α-hetero) is 1. The van der Waals surface area contributed by atoms with E-state index < -0.39 is 6.03 Å². The van der Waals surface area contributed by atoms with Crippen LogP contribution in [-0.4, -0.2) is 47.7 Å². The Balaban J connectivity index is 2.08. The average molecular weight is 260 g/mol. The van der Waals surface area contributed by atoms with Crippen LogP contribution in [0.1, 0.15) is 22.8 Å². The number of hydrogen-bond acceptors (Lipinski definition) is 3. The molecule has 1 heterocycles. The van der Waals surface area contributed by atoms with Crippen molar-refractivity contribution in [3.63, 3.8) is 0 Å². The predicted octanol–water partition coefficient (Wildman–Crippen LogP) is 1.33. The lowest BCUT2D eigenvalue weighted by atomic mass is 10.1. The van der Waals surface area contributed by atoms with Crippen LogP contribution in [0.3, 0.4) is 0 Å². The topological polar surface area (TPSA) is 57.7 Å². The molecule has 0 N–H and O–H groups in total. The monoisotopic (exact) mass is 260 g/mol. The van der Waals surface area contributed by atoms with Gasteiger partial charge in [-0.15, -0.1) is 0 Å². The maximum absolute atomic E-state index is 12.0. The number of likely N-dealkylation sites (N-methyl/N-ethyl adjacent to an activating group) is 1. The molecule has 1 aromatic carbocycles. The first-order valence-electron chi connectivity index (χ1n) is 6.20. The molecular formula is C14H16N2O3. The van der Waals surface area contributed by atoms with Crippen molar-refractivity contribution >= 4 is 17.7 Å². The minimum atomic E-state index is -0.413. The summed E-state index contributed by atoms with van der Waals surface area (Å²) in [6.07, 6.45) is 0.905. The van der Waals surface area contributed by atoms with Gasteiger partial charge in [-0.05, 0) is 12.0 Å². The lowest BCUT2D eigenvalue weighted by molar-refractivity contribution is -0.125. The van der Waals surface area contributed by atoms with E-state index in [1.165, 1.54) is 4.90 Å². The van der Waals surface area contributed by atoms with E-state index in [9.17, 15) is 14.4 Å². The second-order valence-electron chi connectivity index (χ2n) is 4.59. The van der Waals surface area contributed by atoms with Gasteiger partial charge in [0.05, 0.1) is 6.54 Å². The quantitative estimate of drug-likeness (QED) is 0.606. The fourth-order valence-corrected chi connectivity index (χ4v) is 1.99. The molecule has 0 atom stereocenters. The van der Waals surface area contributed by atoms with Gasteiger partial charge in [-0.1, -0.05) is 31.2 Å². The smallest absolute Gasteiger partial charge is 0.318 e. The van der Waals surface area contributed by atoms with E-state index in [0.29, 0.717) is 5.56 Å².